The summed E-state index contributed by atoms with van der Waals surface area (Å²) in [5.74, 6) is 0. The summed E-state index contributed by atoms with van der Waals surface area (Å²) in [5, 5.41) is 9.20. The van der Waals surface area contributed by atoms with Gasteiger partial charge in [-0.2, -0.15) is 17.5 Å². The molecule has 1 aromatic rings. The van der Waals surface area contributed by atoms with Gasteiger partial charge in [0.15, 0.2) is 0 Å². The second-order valence-corrected chi connectivity index (χ2v) is 6.50. The van der Waals surface area contributed by atoms with Gasteiger partial charge in [0.05, 0.1) is 6.61 Å². The molecule has 1 N–H and O–H groups in total. The van der Waals surface area contributed by atoms with E-state index >= 15 is 0 Å². The van der Waals surface area contributed by atoms with Gasteiger partial charge in [-0.05, 0) is 12.5 Å². The van der Waals surface area contributed by atoms with Crippen LogP contribution in [0.1, 0.15) is 26.0 Å². The number of aromatic nitrogens is 1. The molecule has 1 rings (SSSR count). The molecule has 9 heteroatoms. The lowest BCUT2D eigenvalue weighted by molar-refractivity contribution is -0.135. The van der Waals surface area contributed by atoms with Crippen molar-refractivity contribution >= 4 is 10.0 Å². The number of aryl methyl sites for hydroxylation is 1. The van der Waals surface area contributed by atoms with Crippen LogP contribution in [0.3, 0.4) is 0 Å². The molecule has 122 valence electrons. The average Bonchev–Trinajstić information content (AvgIpc) is 2.79. The number of nitrogens with zero attached hydrogens (tertiary/aromatic N) is 2. The highest BCUT2D eigenvalue weighted by Crippen LogP contribution is 2.24. The van der Waals surface area contributed by atoms with Crippen LogP contribution in [0.5, 0.6) is 0 Å². The van der Waals surface area contributed by atoms with Crippen LogP contribution in [0.2, 0.25) is 0 Å². The van der Waals surface area contributed by atoms with Crippen molar-refractivity contribution in [1.29, 1.82) is 0 Å². The number of halogens is 3. The van der Waals surface area contributed by atoms with Crippen molar-refractivity contribution in [1.82, 2.24) is 8.87 Å². The van der Waals surface area contributed by atoms with E-state index in [2.05, 4.69) is 0 Å². The first-order valence-electron chi connectivity index (χ1n) is 6.52. The maximum Gasteiger partial charge on any atom is 0.402 e. The van der Waals surface area contributed by atoms with Crippen molar-refractivity contribution in [3.05, 3.63) is 18.0 Å². The molecule has 5 nitrogen and oxygen atoms in total. The minimum Gasteiger partial charge on any atom is -0.390 e. The molecule has 0 fully saturated rings. The fourth-order valence-electron chi connectivity index (χ4n) is 1.96. The minimum absolute atomic E-state index is 0.230. The lowest BCUT2D eigenvalue weighted by atomic mass is 10.4. The van der Waals surface area contributed by atoms with Crippen LogP contribution in [0.4, 0.5) is 13.2 Å². The lowest BCUT2D eigenvalue weighted by Crippen LogP contribution is -2.38. The maximum absolute atomic E-state index is 12.5. The number of aliphatic hydroxyl groups excluding tert-OH is 1. The van der Waals surface area contributed by atoms with Gasteiger partial charge in [0.25, 0.3) is 0 Å². The lowest BCUT2D eigenvalue weighted by Gasteiger charge is -2.21. The normalized spacial score (nSPS) is 13.1. The third-order valence-electron chi connectivity index (χ3n) is 2.93. The Morgan fingerprint density at radius 2 is 1.95 bits per heavy atom. The Balaban J connectivity index is 3.16. The quantitative estimate of drug-likeness (QED) is 0.832. The molecule has 0 radical (unpaired) electrons. The number of rotatable bonds is 7. The van der Waals surface area contributed by atoms with E-state index < -0.39 is 22.7 Å². The number of hydrogen-bond donors (Lipinski definition) is 1. The summed E-state index contributed by atoms with van der Waals surface area (Å²) in [7, 11) is -4.23. The fourth-order valence-corrected chi connectivity index (χ4v) is 3.46. The Bertz CT molecular complexity index is 567. The second kappa shape index (κ2) is 6.80. The van der Waals surface area contributed by atoms with Gasteiger partial charge in [0.1, 0.15) is 11.4 Å². The highest BCUT2D eigenvalue weighted by atomic mass is 32.2. The summed E-state index contributed by atoms with van der Waals surface area (Å²) in [5.41, 5.74) is 0.360. The van der Waals surface area contributed by atoms with Crippen LogP contribution >= 0.6 is 0 Å². The highest BCUT2D eigenvalue weighted by molar-refractivity contribution is 7.89. The van der Waals surface area contributed by atoms with Crippen LogP contribution < -0.4 is 0 Å². The van der Waals surface area contributed by atoms with Crippen LogP contribution in [-0.2, 0) is 23.2 Å². The summed E-state index contributed by atoms with van der Waals surface area (Å²) in [4.78, 5) is -0.230. The third-order valence-corrected chi connectivity index (χ3v) is 4.82. The zero-order valence-corrected chi connectivity index (χ0v) is 12.7. The molecule has 21 heavy (non-hydrogen) atoms. The van der Waals surface area contributed by atoms with Crippen molar-refractivity contribution in [2.24, 2.45) is 0 Å². The number of sulfonamides is 1. The molecule has 0 atom stereocenters. The second-order valence-electron chi connectivity index (χ2n) is 4.57. The monoisotopic (exact) mass is 328 g/mol. The van der Waals surface area contributed by atoms with Crippen LogP contribution in [0, 0.1) is 0 Å². The first-order valence-corrected chi connectivity index (χ1v) is 7.96. The Morgan fingerprint density at radius 1 is 1.33 bits per heavy atom. The molecule has 0 aliphatic carbocycles. The molecule has 0 saturated heterocycles. The summed E-state index contributed by atoms with van der Waals surface area (Å²) < 4.78 is 63.8. The zero-order valence-electron chi connectivity index (χ0n) is 11.9. The zero-order chi connectivity index (χ0) is 16.3. The Labute approximate surface area is 122 Å². The molecular formula is C12H19F3N2O3S. The van der Waals surface area contributed by atoms with E-state index in [1.54, 1.807) is 0 Å². The largest absolute Gasteiger partial charge is 0.402 e. The van der Waals surface area contributed by atoms with Crippen molar-refractivity contribution in [3.63, 3.8) is 0 Å². The third kappa shape index (κ3) is 4.45. The van der Waals surface area contributed by atoms with E-state index in [1.165, 1.54) is 23.8 Å². The molecule has 0 spiro atoms. The smallest absolute Gasteiger partial charge is 0.390 e. The summed E-state index contributed by atoms with van der Waals surface area (Å²) >= 11 is 0. The van der Waals surface area contributed by atoms with Gasteiger partial charge >= 0.3 is 6.18 Å². The van der Waals surface area contributed by atoms with Crippen LogP contribution in [-0.4, -0.2) is 41.7 Å². The first kappa shape index (κ1) is 18.0. The molecule has 0 aliphatic heterocycles. The average molecular weight is 328 g/mol. The predicted molar refractivity (Wildman–Crippen MR) is 71.1 cm³/mol. The SMILES string of the molecule is CCCn1cc(S(=O)(=O)N(CC)CC(F)(F)F)cc1CO. The van der Waals surface area contributed by atoms with Crippen molar-refractivity contribution in [2.75, 3.05) is 13.1 Å². The van der Waals surface area contributed by atoms with Gasteiger partial charge in [0.2, 0.25) is 10.0 Å². The van der Waals surface area contributed by atoms with Crippen molar-refractivity contribution in [2.45, 2.75) is 44.5 Å². The Kier molecular flexibility index (Phi) is 5.83. The molecule has 1 aromatic heterocycles. The maximum atomic E-state index is 12.5. The number of hydrogen-bond acceptors (Lipinski definition) is 3. The molecule has 0 aromatic carbocycles. The fraction of sp³-hybridized carbons (Fsp3) is 0.667. The van der Waals surface area contributed by atoms with Gasteiger partial charge in [-0.15, -0.1) is 0 Å². The van der Waals surface area contributed by atoms with E-state index in [1.807, 2.05) is 6.92 Å². The van der Waals surface area contributed by atoms with E-state index in [0.29, 0.717) is 23.0 Å². The van der Waals surface area contributed by atoms with Gasteiger partial charge in [-0.3, -0.25) is 0 Å². The molecule has 0 amide bonds. The molecular weight excluding hydrogens is 309 g/mol. The van der Waals surface area contributed by atoms with E-state index in [4.69, 9.17) is 0 Å². The summed E-state index contributed by atoms with van der Waals surface area (Å²) in [6.45, 7) is 1.52. The van der Waals surface area contributed by atoms with Gasteiger partial charge in [0, 0.05) is 25.0 Å². The highest BCUT2D eigenvalue weighted by Gasteiger charge is 2.36. The molecule has 0 saturated carbocycles. The van der Waals surface area contributed by atoms with E-state index in [-0.39, 0.29) is 18.0 Å². The van der Waals surface area contributed by atoms with Crippen molar-refractivity contribution in [3.8, 4) is 0 Å². The summed E-state index contributed by atoms with van der Waals surface area (Å²) in [6.07, 6.45) is -2.63. The standard InChI is InChI=1S/C12H19F3N2O3S/c1-3-5-16-7-11(6-10(16)8-18)21(19,20)17(4-2)9-12(13,14)15/h6-7,18H,3-5,8-9H2,1-2H3. The molecule has 0 bridgehead atoms. The predicted octanol–water partition coefficient (Wildman–Crippen LogP) is 1.96. The number of alkyl halides is 3. The Morgan fingerprint density at radius 3 is 2.38 bits per heavy atom. The first-order chi connectivity index (χ1) is 9.65. The van der Waals surface area contributed by atoms with Crippen molar-refractivity contribution < 1.29 is 26.7 Å². The Hall–Kier alpha value is -1.06. The van der Waals surface area contributed by atoms with Crippen LogP contribution in [0.25, 0.3) is 0 Å². The van der Waals surface area contributed by atoms with Gasteiger partial charge < -0.3 is 9.67 Å². The molecule has 1 heterocycles. The summed E-state index contributed by atoms with van der Waals surface area (Å²) in [6, 6.07) is 1.21. The van der Waals surface area contributed by atoms with E-state index in [9.17, 15) is 26.7 Å². The van der Waals surface area contributed by atoms with Crippen LogP contribution in [0.15, 0.2) is 17.2 Å². The molecule has 0 unspecified atom stereocenters. The van der Waals surface area contributed by atoms with Gasteiger partial charge in [-0.1, -0.05) is 13.8 Å². The molecule has 0 aliphatic rings. The number of aliphatic hydroxyl groups is 1. The van der Waals surface area contributed by atoms with E-state index in [0.717, 1.165) is 0 Å². The minimum atomic E-state index is -4.60. The topological polar surface area (TPSA) is 62.5 Å². The van der Waals surface area contributed by atoms with Gasteiger partial charge in [-0.25, -0.2) is 8.42 Å².